The van der Waals surface area contributed by atoms with Crippen LogP contribution in [-0.4, -0.2) is 22.0 Å². The fourth-order valence-electron chi connectivity index (χ4n) is 3.86. The van der Waals surface area contributed by atoms with Gasteiger partial charge in [-0.25, -0.2) is 9.37 Å². The molecule has 0 aliphatic carbocycles. The molecule has 4 aromatic rings. The number of benzene rings is 3. The second-order valence-corrected chi connectivity index (χ2v) is 9.71. The normalized spacial score (nSPS) is 11.1. The molecule has 0 spiro atoms. The van der Waals surface area contributed by atoms with Gasteiger partial charge in [-0.05, 0) is 73.9 Å². The summed E-state index contributed by atoms with van der Waals surface area (Å²) in [5.41, 5.74) is 3.59. The highest BCUT2D eigenvalue weighted by Gasteiger charge is 2.17. The third kappa shape index (κ3) is 5.41. The maximum absolute atomic E-state index is 14.4. The summed E-state index contributed by atoms with van der Waals surface area (Å²) >= 11 is 7.45. The number of carbonyl (C=O) groups is 1. The van der Waals surface area contributed by atoms with E-state index in [0.29, 0.717) is 44.4 Å². The number of carbonyl (C=O) groups excluding carboxylic acids is 1. The van der Waals surface area contributed by atoms with Gasteiger partial charge in [0.2, 0.25) is 0 Å². The standard InChI is InChI=1S/C27H25ClFN3O2S/c1-4-10-30-25(33)18-8-9-20-24(14-18)31-27(35-15-21-22(28)6-5-7-23(21)29)32(26(20)34)19-12-16(2)11-17(3)13-19/h5-9,11-14H,4,10,15H2,1-3H3,(H,30,33). The van der Waals surface area contributed by atoms with Crippen molar-refractivity contribution in [2.75, 3.05) is 6.54 Å². The fourth-order valence-corrected chi connectivity index (χ4v) is 5.21. The smallest absolute Gasteiger partial charge is 0.266 e. The first-order valence-electron chi connectivity index (χ1n) is 11.3. The van der Waals surface area contributed by atoms with Crippen molar-refractivity contribution in [1.82, 2.24) is 14.9 Å². The molecule has 0 radical (unpaired) electrons. The Kier molecular flexibility index (Phi) is 7.57. The molecule has 0 aliphatic rings. The molecule has 0 fully saturated rings. The number of rotatable bonds is 7. The molecule has 1 N–H and O–H groups in total. The Morgan fingerprint density at radius 2 is 1.86 bits per heavy atom. The van der Waals surface area contributed by atoms with E-state index in [0.717, 1.165) is 17.5 Å². The summed E-state index contributed by atoms with van der Waals surface area (Å²) in [6.45, 7) is 6.46. The monoisotopic (exact) mass is 509 g/mol. The molecular formula is C27H25ClFN3O2S. The average molecular weight is 510 g/mol. The lowest BCUT2D eigenvalue weighted by Crippen LogP contribution is -2.25. The molecule has 8 heteroatoms. The largest absolute Gasteiger partial charge is 0.352 e. The SMILES string of the molecule is CCCNC(=O)c1ccc2c(=O)n(-c3cc(C)cc(C)c3)c(SCc3c(F)cccc3Cl)nc2c1. The molecule has 35 heavy (non-hydrogen) atoms. The van der Waals surface area contributed by atoms with Crippen LogP contribution in [0.5, 0.6) is 0 Å². The van der Waals surface area contributed by atoms with Crippen LogP contribution in [0.25, 0.3) is 16.6 Å². The van der Waals surface area contributed by atoms with E-state index in [1.807, 2.05) is 39.0 Å². The van der Waals surface area contributed by atoms with E-state index in [4.69, 9.17) is 16.6 Å². The predicted octanol–water partition coefficient (Wildman–Crippen LogP) is 6.23. The quantitative estimate of drug-likeness (QED) is 0.237. The number of fused-ring (bicyclic) bond motifs is 1. The van der Waals surface area contributed by atoms with Crippen LogP contribution in [0.3, 0.4) is 0 Å². The Balaban J connectivity index is 1.87. The van der Waals surface area contributed by atoms with E-state index in [1.165, 1.54) is 17.8 Å². The van der Waals surface area contributed by atoms with Gasteiger partial charge in [-0.1, -0.05) is 42.4 Å². The van der Waals surface area contributed by atoms with Crippen molar-refractivity contribution in [2.24, 2.45) is 0 Å². The van der Waals surface area contributed by atoms with Crippen molar-refractivity contribution in [3.05, 3.63) is 98.0 Å². The van der Waals surface area contributed by atoms with Gasteiger partial charge in [0.15, 0.2) is 5.16 Å². The lowest BCUT2D eigenvalue weighted by atomic mass is 10.1. The minimum atomic E-state index is -0.416. The Hall–Kier alpha value is -3.16. The summed E-state index contributed by atoms with van der Waals surface area (Å²) in [4.78, 5) is 30.9. The highest BCUT2D eigenvalue weighted by atomic mass is 35.5. The highest BCUT2D eigenvalue weighted by molar-refractivity contribution is 7.98. The Labute approximate surface area is 212 Å². The Morgan fingerprint density at radius 3 is 2.54 bits per heavy atom. The number of nitrogens with one attached hydrogen (secondary N) is 1. The third-order valence-electron chi connectivity index (χ3n) is 5.51. The summed E-state index contributed by atoms with van der Waals surface area (Å²) in [7, 11) is 0. The number of halogens is 2. The predicted molar refractivity (Wildman–Crippen MR) is 140 cm³/mol. The van der Waals surface area contributed by atoms with E-state index in [2.05, 4.69) is 5.32 Å². The zero-order chi connectivity index (χ0) is 25.1. The fraction of sp³-hybridized carbons (Fsp3) is 0.222. The zero-order valence-electron chi connectivity index (χ0n) is 19.7. The van der Waals surface area contributed by atoms with Crippen LogP contribution in [0, 0.1) is 19.7 Å². The van der Waals surface area contributed by atoms with Gasteiger partial charge < -0.3 is 5.32 Å². The van der Waals surface area contributed by atoms with E-state index < -0.39 is 5.82 Å². The first-order chi connectivity index (χ1) is 16.8. The number of hydrogen-bond donors (Lipinski definition) is 1. The van der Waals surface area contributed by atoms with Gasteiger partial charge in [-0.15, -0.1) is 0 Å². The summed E-state index contributed by atoms with van der Waals surface area (Å²) in [5, 5.41) is 3.93. The van der Waals surface area contributed by atoms with Gasteiger partial charge in [0, 0.05) is 28.4 Å². The number of amides is 1. The maximum atomic E-state index is 14.4. The molecule has 4 rings (SSSR count). The van der Waals surface area contributed by atoms with E-state index in [-0.39, 0.29) is 17.2 Å². The lowest BCUT2D eigenvalue weighted by Gasteiger charge is -2.15. The van der Waals surface area contributed by atoms with Gasteiger partial charge in [-0.2, -0.15) is 0 Å². The van der Waals surface area contributed by atoms with E-state index >= 15 is 0 Å². The van der Waals surface area contributed by atoms with Crippen LogP contribution >= 0.6 is 23.4 Å². The summed E-state index contributed by atoms with van der Waals surface area (Å²) in [6.07, 6.45) is 0.817. The molecule has 0 saturated carbocycles. The number of aryl methyl sites for hydroxylation is 2. The molecule has 0 unspecified atom stereocenters. The molecule has 0 aliphatic heterocycles. The zero-order valence-corrected chi connectivity index (χ0v) is 21.3. The minimum Gasteiger partial charge on any atom is -0.352 e. The van der Waals surface area contributed by atoms with Gasteiger partial charge in [0.1, 0.15) is 5.82 Å². The van der Waals surface area contributed by atoms with Crippen molar-refractivity contribution < 1.29 is 9.18 Å². The Morgan fingerprint density at radius 1 is 1.11 bits per heavy atom. The van der Waals surface area contributed by atoms with Gasteiger partial charge in [0.25, 0.3) is 11.5 Å². The second-order valence-electron chi connectivity index (χ2n) is 8.36. The molecule has 0 bridgehead atoms. The average Bonchev–Trinajstić information content (AvgIpc) is 2.81. The summed E-state index contributed by atoms with van der Waals surface area (Å²) in [6, 6.07) is 15.3. The lowest BCUT2D eigenvalue weighted by molar-refractivity contribution is 0.0953. The van der Waals surface area contributed by atoms with Crippen LogP contribution in [0.2, 0.25) is 5.02 Å². The van der Waals surface area contributed by atoms with Gasteiger partial charge >= 0.3 is 0 Å². The first-order valence-corrected chi connectivity index (χ1v) is 12.6. The second kappa shape index (κ2) is 10.6. The van der Waals surface area contributed by atoms with Gasteiger partial charge in [0.05, 0.1) is 16.6 Å². The van der Waals surface area contributed by atoms with Crippen LogP contribution < -0.4 is 10.9 Å². The van der Waals surface area contributed by atoms with E-state index in [1.54, 1.807) is 34.9 Å². The number of nitrogens with zero attached hydrogens (tertiary/aromatic N) is 2. The molecule has 0 atom stereocenters. The van der Waals surface area contributed by atoms with Crippen LogP contribution in [0.4, 0.5) is 4.39 Å². The molecular weight excluding hydrogens is 485 g/mol. The number of aromatic nitrogens is 2. The third-order valence-corrected chi connectivity index (χ3v) is 6.83. The topological polar surface area (TPSA) is 64.0 Å². The molecule has 1 heterocycles. The molecule has 180 valence electrons. The van der Waals surface area contributed by atoms with Crippen LogP contribution in [0.15, 0.2) is 64.5 Å². The van der Waals surface area contributed by atoms with Crippen LogP contribution in [0.1, 0.15) is 40.4 Å². The summed E-state index contributed by atoms with van der Waals surface area (Å²) in [5.74, 6) is -0.451. The molecule has 5 nitrogen and oxygen atoms in total. The molecule has 1 amide bonds. The van der Waals surface area contributed by atoms with E-state index in [9.17, 15) is 14.0 Å². The van der Waals surface area contributed by atoms with Crippen molar-refractivity contribution in [2.45, 2.75) is 38.1 Å². The highest BCUT2D eigenvalue weighted by Crippen LogP contribution is 2.30. The summed E-state index contributed by atoms with van der Waals surface area (Å²) < 4.78 is 16.0. The van der Waals surface area contributed by atoms with Crippen molar-refractivity contribution >= 4 is 40.2 Å². The van der Waals surface area contributed by atoms with Gasteiger partial charge in [-0.3, -0.25) is 14.2 Å². The molecule has 1 aromatic heterocycles. The van der Waals surface area contributed by atoms with Crippen molar-refractivity contribution in [3.8, 4) is 5.69 Å². The Bertz CT molecular complexity index is 1450. The maximum Gasteiger partial charge on any atom is 0.266 e. The molecule has 0 saturated heterocycles. The van der Waals surface area contributed by atoms with Crippen molar-refractivity contribution in [1.29, 1.82) is 0 Å². The van der Waals surface area contributed by atoms with Crippen molar-refractivity contribution in [3.63, 3.8) is 0 Å². The number of hydrogen-bond acceptors (Lipinski definition) is 4. The minimum absolute atomic E-state index is 0.185. The number of thioether (sulfide) groups is 1. The molecule has 3 aromatic carbocycles. The van der Waals surface area contributed by atoms with Crippen LogP contribution in [-0.2, 0) is 5.75 Å². The first kappa shape index (κ1) is 24.9.